The van der Waals surface area contributed by atoms with Crippen molar-refractivity contribution in [3.63, 3.8) is 0 Å². The molecule has 42 heavy (non-hydrogen) atoms. The second-order valence-electron chi connectivity index (χ2n) is 18.6. The lowest BCUT2D eigenvalue weighted by Crippen LogP contribution is -2.71. The maximum Gasteiger partial charge on any atom is 0.0218 e. The van der Waals surface area contributed by atoms with Gasteiger partial charge in [-0.05, 0) is 181 Å². The number of halogens is 4. The van der Waals surface area contributed by atoms with Crippen LogP contribution in [0, 0.1) is 46.3 Å². The van der Waals surface area contributed by atoms with Crippen molar-refractivity contribution in [3.8, 4) is 0 Å². The summed E-state index contributed by atoms with van der Waals surface area (Å²) in [5.74, 6) is 0. The van der Waals surface area contributed by atoms with Gasteiger partial charge < -0.3 is 0 Å². The molecule has 0 N–H and O–H groups in total. The second-order valence-corrected chi connectivity index (χ2v) is 22.1. The third-order valence-electron chi connectivity index (χ3n) is 14.1. The Morgan fingerprint density at radius 1 is 0.429 bits per heavy atom. The molecule has 2 aromatic carbocycles. The van der Waals surface area contributed by atoms with Crippen molar-refractivity contribution in [1.82, 2.24) is 0 Å². The minimum absolute atomic E-state index is 0.279. The fraction of sp³-hybridized carbons (Fsp3) is 0.684. The number of hydrogen-bond acceptors (Lipinski definition) is 0. The lowest BCUT2D eigenvalue weighted by molar-refractivity contribution is -0.275. The zero-order valence-electron chi connectivity index (χ0n) is 26.3. The molecule has 4 atom stereocenters. The zero-order chi connectivity index (χ0) is 29.9. The molecule has 226 valence electrons. The van der Waals surface area contributed by atoms with Crippen molar-refractivity contribution in [2.75, 3.05) is 0 Å². The highest BCUT2D eigenvalue weighted by atomic mass is 79.9. The molecule has 8 fully saturated rings. The molecule has 0 spiro atoms. The summed E-state index contributed by atoms with van der Waals surface area (Å²) in [4.78, 5) is 0. The van der Waals surface area contributed by atoms with E-state index in [-0.39, 0.29) is 10.8 Å². The van der Waals surface area contributed by atoms with Gasteiger partial charge in [0.25, 0.3) is 0 Å². The number of benzene rings is 2. The van der Waals surface area contributed by atoms with E-state index >= 15 is 0 Å². The van der Waals surface area contributed by atoms with Gasteiger partial charge in [-0.15, -0.1) is 0 Å². The first-order chi connectivity index (χ1) is 19.4. The Labute approximate surface area is 287 Å². The Hall–Kier alpha value is 0.360. The van der Waals surface area contributed by atoms with Crippen molar-refractivity contribution >= 4 is 63.7 Å². The third-order valence-corrected chi connectivity index (χ3v) is 16.6. The van der Waals surface area contributed by atoms with Crippen LogP contribution in [0.25, 0.3) is 0 Å². The summed E-state index contributed by atoms with van der Waals surface area (Å²) in [6.07, 6.45) is 16.9. The molecule has 0 aliphatic heterocycles. The average molecular weight is 822 g/mol. The van der Waals surface area contributed by atoms with Crippen LogP contribution in [-0.4, -0.2) is 0 Å². The Morgan fingerprint density at radius 2 is 0.738 bits per heavy atom. The van der Waals surface area contributed by atoms with Gasteiger partial charge in [-0.3, -0.25) is 0 Å². The highest BCUT2D eigenvalue weighted by Crippen LogP contribution is 2.85. The summed E-state index contributed by atoms with van der Waals surface area (Å²) in [6.45, 7) is 15.6. The van der Waals surface area contributed by atoms with Gasteiger partial charge in [-0.2, -0.15) is 0 Å². The quantitative estimate of drug-likeness (QED) is 0.289. The summed E-state index contributed by atoms with van der Waals surface area (Å²) in [5.41, 5.74) is 9.36. The molecule has 0 saturated heterocycles. The largest absolute Gasteiger partial charge is 0.0596 e. The van der Waals surface area contributed by atoms with Crippen LogP contribution in [0.5, 0.6) is 0 Å². The Balaban J connectivity index is 1.34. The molecule has 2 aromatic rings. The second kappa shape index (κ2) is 8.63. The van der Waals surface area contributed by atoms with E-state index in [4.69, 9.17) is 0 Å². The summed E-state index contributed by atoms with van der Waals surface area (Å²) >= 11 is 15.8. The molecule has 4 unspecified atom stereocenters. The van der Waals surface area contributed by atoms with Crippen LogP contribution >= 0.6 is 63.7 Å². The number of rotatable bonds is 3. The molecule has 8 saturated carbocycles. The highest BCUT2D eigenvalue weighted by Gasteiger charge is 2.76. The average Bonchev–Trinajstić information content (AvgIpc) is 2.79. The van der Waals surface area contributed by atoms with Crippen molar-refractivity contribution in [2.24, 2.45) is 32.5 Å². The predicted molar refractivity (Wildman–Crippen MR) is 189 cm³/mol. The Bertz CT molecular complexity index is 1400. The topological polar surface area (TPSA) is 0 Å². The van der Waals surface area contributed by atoms with E-state index in [0.29, 0.717) is 32.5 Å². The van der Waals surface area contributed by atoms with E-state index in [9.17, 15) is 0 Å². The summed E-state index contributed by atoms with van der Waals surface area (Å²) in [7, 11) is 0. The molecular formula is C38H46Br4. The maximum atomic E-state index is 3.98. The molecule has 8 aliphatic rings. The molecular weight excluding hydrogens is 776 g/mol. The highest BCUT2D eigenvalue weighted by molar-refractivity contribution is 9.11. The zero-order valence-corrected chi connectivity index (χ0v) is 32.7. The first-order valence-electron chi connectivity index (χ1n) is 16.3. The van der Waals surface area contributed by atoms with Gasteiger partial charge in [0.1, 0.15) is 0 Å². The van der Waals surface area contributed by atoms with Crippen LogP contribution in [0.3, 0.4) is 0 Å². The van der Waals surface area contributed by atoms with Gasteiger partial charge in [0.15, 0.2) is 0 Å². The molecule has 0 heterocycles. The van der Waals surface area contributed by atoms with Gasteiger partial charge in [0.05, 0.1) is 0 Å². The van der Waals surface area contributed by atoms with Crippen molar-refractivity contribution < 1.29 is 0 Å². The van der Waals surface area contributed by atoms with Crippen molar-refractivity contribution in [3.05, 3.63) is 64.4 Å². The van der Waals surface area contributed by atoms with E-state index in [0.717, 1.165) is 0 Å². The monoisotopic (exact) mass is 818 g/mol. The Morgan fingerprint density at radius 3 is 1.05 bits per heavy atom. The van der Waals surface area contributed by atoms with Crippen LogP contribution < -0.4 is 0 Å². The van der Waals surface area contributed by atoms with E-state index < -0.39 is 0 Å². The van der Waals surface area contributed by atoms with Crippen LogP contribution in [0.2, 0.25) is 0 Å². The third kappa shape index (κ3) is 3.98. The molecule has 10 rings (SSSR count). The minimum Gasteiger partial charge on any atom is -0.0596 e. The van der Waals surface area contributed by atoms with E-state index in [1.165, 1.54) is 106 Å². The molecule has 8 bridgehead atoms. The van der Waals surface area contributed by atoms with Gasteiger partial charge in [0, 0.05) is 17.9 Å². The molecule has 4 heteroatoms. The van der Waals surface area contributed by atoms with Crippen LogP contribution in [0.15, 0.2) is 42.2 Å². The Kier molecular flexibility index (Phi) is 6.11. The lowest BCUT2D eigenvalue weighted by Gasteiger charge is -2.80. The van der Waals surface area contributed by atoms with Gasteiger partial charge in [0.2, 0.25) is 0 Å². The molecule has 0 nitrogen and oxygen atoms in total. The van der Waals surface area contributed by atoms with Crippen LogP contribution in [0.4, 0.5) is 0 Å². The van der Waals surface area contributed by atoms with Gasteiger partial charge in [-0.25, -0.2) is 0 Å². The predicted octanol–water partition coefficient (Wildman–Crippen LogP) is 13.3. The summed E-state index contributed by atoms with van der Waals surface area (Å²) in [5, 5.41) is 0. The van der Waals surface area contributed by atoms with E-state index in [1.807, 2.05) is 0 Å². The fourth-order valence-corrected chi connectivity index (χ4v) is 17.9. The summed E-state index contributed by atoms with van der Waals surface area (Å²) in [6, 6.07) is 9.59. The normalized spacial score (nSPS) is 48.3. The molecule has 0 radical (unpaired) electrons. The SMILES string of the molecule is Cc1c(Br)cc(Br)cc1C12CC3(C)CC(C)(C1)CC(C14CC5(C)CC(C)(CC(c6cc(Br)cc(Br)c6C)(C5)C1)C4)(C3)C2. The molecule has 0 amide bonds. The lowest BCUT2D eigenvalue weighted by atomic mass is 9.24. The van der Waals surface area contributed by atoms with Crippen molar-refractivity contribution in [1.29, 1.82) is 0 Å². The standard InChI is InChI=1S/C38H46Br4/c1-23-27(7-25(39)9-29(23)41)35-13-31(3)11-32(4,14-35)18-37(17-31,21-35)38-19-33(5)12-34(6,20-38)16-36(15-33,22-38)28-8-26(40)10-30(42)24(28)2/h7-10H,11-22H2,1-6H3. The van der Waals surface area contributed by atoms with Gasteiger partial charge in [-0.1, -0.05) is 91.4 Å². The van der Waals surface area contributed by atoms with Crippen LogP contribution in [0.1, 0.15) is 127 Å². The van der Waals surface area contributed by atoms with Crippen molar-refractivity contribution in [2.45, 2.75) is 129 Å². The van der Waals surface area contributed by atoms with E-state index in [1.54, 1.807) is 11.1 Å². The fourth-order valence-electron chi connectivity index (χ4n) is 15.5. The summed E-state index contributed by atoms with van der Waals surface area (Å²) < 4.78 is 5.02. The first kappa shape index (κ1) is 29.7. The molecule has 8 aliphatic carbocycles. The minimum atomic E-state index is 0.279. The van der Waals surface area contributed by atoms with Gasteiger partial charge >= 0.3 is 0 Å². The van der Waals surface area contributed by atoms with E-state index in [2.05, 4.69) is 130 Å². The smallest absolute Gasteiger partial charge is 0.0218 e. The van der Waals surface area contributed by atoms with Crippen LogP contribution in [-0.2, 0) is 10.8 Å². The maximum absolute atomic E-state index is 3.98. The molecule has 0 aromatic heterocycles. The first-order valence-corrected chi connectivity index (χ1v) is 19.5. The number of hydrogen-bond donors (Lipinski definition) is 0.